The number of methoxy groups -OCH3 is 2. The van der Waals surface area contributed by atoms with Crippen LogP contribution in [0.3, 0.4) is 0 Å². The van der Waals surface area contributed by atoms with Crippen molar-refractivity contribution in [3.63, 3.8) is 0 Å². The molecule has 3 aromatic rings. The molecular weight excluding hydrogens is 435 g/mol. The fraction of sp³-hybridized carbons (Fsp3) is 0.308. The molecule has 178 valence electrons. The van der Waals surface area contributed by atoms with Gasteiger partial charge in [-0.25, -0.2) is 4.39 Å². The van der Waals surface area contributed by atoms with Crippen LogP contribution >= 0.6 is 0 Å². The molecule has 1 aliphatic heterocycles. The molecule has 1 aliphatic rings. The lowest BCUT2D eigenvalue weighted by molar-refractivity contribution is 0.0929. The molecule has 7 nitrogen and oxygen atoms in total. The third-order valence-corrected chi connectivity index (χ3v) is 6.12. The monoisotopic (exact) mass is 464 g/mol. The van der Waals surface area contributed by atoms with Gasteiger partial charge in [0.15, 0.2) is 11.5 Å². The molecule has 1 amide bonds. The van der Waals surface area contributed by atoms with Crippen LogP contribution in [0.5, 0.6) is 11.5 Å². The molecule has 0 bridgehead atoms. The summed E-state index contributed by atoms with van der Waals surface area (Å²) in [6.07, 6.45) is 3.59. The summed E-state index contributed by atoms with van der Waals surface area (Å²) in [5.41, 5.74) is 2.56. The Morgan fingerprint density at radius 2 is 1.76 bits per heavy atom. The highest BCUT2D eigenvalue weighted by molar-refractivity contribution is 5.94. The Morgan fingerprint density at radius 1 is 1.03 bits per heavy atom. The number of amides is 1. The lowest BCUT2D eigenvalue weighted by atomic mass is 10.1. The first-order valence-corrected chi connectivity index (χ1v) is 11.2. The maximum Gasteiger partial charge on any atom is 0.251 e. The third-order valence-electron chi connectivity index (χ3n) is 6.12. The molecule has 0 spiro atoms. The van der Waals surface area contributed by atoms with Gasteiger partial charge in [-0.2, -0.15) is 0 Å². The van der Waals surface area contributed by atoms with Crippen LogP contribution < -0.4 is 19.7 Å². The summed E-state index contributed by atoms with van der Waals surface area (Å²) in [6.45, 7) is 3.68. The lowest BCUT2D eigenvalue weighted by Gasteiger charge is -2.40. The van der Waals surface area contributed by atoms with Crippen molar-refractivity contribution in [3.8, 4) is 11.5 Å². The van der Waals surface area contributed by atoms with Gasteiger partial charge in [0.1, 0.15) is 5.82 Å². The highest BCUT2D eigenvalue weighted by atomic mass is 19.1. The van der Waals surface area contributed by atoms with E-state index in [2.05, 4.69) is 20.1 Å². The van der Waals surface area contributed by atoms with Gasteiger partial charge in [0.25, 0.3) is 5.91 Å². The van der Waals surface area contributed by atoms with Crippen LogP contribution in [0.25, 0.3) is 0 Å². The quantitative estimate of drug-likeness (QED) is 0.550. The third kappa shape index (κ3) is 5.46. The number of ether oxygens (including phenoxy) is 2. The minimum absolute atomic E-state index is 0.0202. The van der Waals surface area contributed by atoms with Crippen molar-refractivity contribution >= 4 is 11.6 Å². The molecule has 1 fully saturated rings. The Labute approximate surface area is 199 Å². The van der Waals surface area contributed by atoms with Gasteiger partial charge in [0.2, 0.25) is 0 Å². The molecule has 1 saturated heterocycles. The molecule has 1 atom stereocenters. The summed E-state index contributed by atoms with van der Waals surface area (Å²) in [7, 11) is 3.11. The van der Waals surface area contributed by atoms with Crippen molar-refractivity contribution in [2.24, 2.45) is 0 Å². The first kappa shape index (κ1) is 23.5. The molecule has 0 aliphatic carbocycles. The highest BCUT2D eigenvalue weighted by Crippen LogP contribution is 2.28. The molecule has 1 N–H and O–H groups in total. The van der Waals surface area contributed by atoms with Gasteiger partial charge in [-0.3, -0.25) is 14.7 Å². The molecule has 34 heavy (non-hydrogen) atoms. The van der Waals surface area contributed by atoms with Gasteiger partial charge < -0.3 is 19.7 Å². The zero-order chi connectivity index (χ0) is 23.9. The normalized spacial score (nSPS) is 15.0. The number of nitrogens with one attached hydrogen (secondary N) is 1. The topological polar surface area (TPSA) is 66.9 Å². The molecule has 2 aromatic carbocycles. The van der Waals surface area contributed by atoms with Crippen LogP contribution in [-0.2, 0) is 0 Å². The number of nitrogens with zero attached hydrogens (tertiary/aromatic N) is 3. The van der Waals surface area contributed by atoms with Gasteiger partial charge in [-0.05, 0) is 54.1 Å². The first-order valence-electron chi connectivity index (χ1n) is 11.2. The second-order valence-corrected chi connectivity index (χ2v) is 8.08. The van der Waals surface area contributed by atoms with E-state index >= 15 is 0 Å². The summed E-state index contributed by atoms with van der Waals surface area (Å²) < 4.78 is 23.9. The van der Waals surface area contributed by atoms with Crippen molar-refractivity contribution in [3.05, 3.63) is 83.9 Å². The number of piperazine rings is 1. The van der Waals surface area contributed by atoms with Gasteiger partial charge in [0, 0.05) is 56.4 Å². The number of carbonyl (C=O) groups is 1. The van der Waals surface area contributed by atoms with Crippen molar-refractivity contribution in [2.75, 3.05) is 51.8 Å². The predicted octanol–water partition coefficient (Wildman–Crippen LogP) is 3.53. The number of pyridine rings is 1. The first-order chi connectivity index (χ1) is 16.6. The van der Waals surface area contributed by atoms with E-state index in [1.807, 2.05) is 30.5 Å². The average molecular weight is 465 g/mol. The Bertz CT molecular complexity index is 1090. The second-order valence-electron chi connectivity index (χ2n) is 8.08. The van der Waals surface area contributed by atoms with Crippen molar-refractivity contribution < 1.29 is 18.7 Å². The minimum Gasteiger partial charge on any atom is -0.493 e. The van der Waals surface area contributed by atoms with Gasteiger partial charge >= 0.3 is 0 Å². The van der Waals surface area contributed by atoms with Crippen molar-refractivity contribution in [1.29, 1.82) is 0 Å². The molecule has 4 rings (SSSR count). The Balaban J connectivity index is 1.44. The van der Waals surface area contributed by atoms with Gasteiger partial charge in [0.05, 0.1) is 20.3 Å². The number of anilines is 1. The molecular formula is C26H29FN4O3. The molecule has 0 saturated carbocycles. The molecule has 1 aromatic heterocycles. The van der Waals surface area contributed by atoms with Gasteiger partial charge in [-0.15, -0.1) is 0 Å². The number of hydrogen-bond acceptors (Lipinski definition) is 6. The van der Waals surface area contributed by atoms with E-state index in [0.29, 0.717) is 23.6 Å². The van der Waals surface area contributed by atoms with E-state index in [1.165, 1.54) is 12.1 Å². The Kier molecular flexibility index (Phi) is 7.59. The van der Waals surface area contributed by atoms with Crippen LogP contribution in [0.4, 0.5) is 10.1 Å². The van der Waals surface area contributed by atoms with Crippen molar-refractivity contribution in [1.82, 2.24) is 15.2 Å². The SMILES string of the molecule is COc1ccc(C(=O)NC[C@H](c2cccnc2)N2CCN(c3ccc(F)cc3)CC2)cc1OC. The molecule has 8 heteroatoms. The van der Waals surface area contributed by atoms with E-state index < -0.39 is 0 Å². The summed E-state index contributed by atoms with van der Waals surface area (Å²) in [5.74, 6) is 0.672. The smallest absolute Gasteiger partial charge is 0.251 e. The lowest BCUT2D eigenvalue weighted by Crippen LogP contribution is -2.50. The summed E-state index contributed by atoms with van der Waals surface area (Å²) in [6, 6.07) is 15.6. The number of halogens is 1. The Hall–Kier alpha value is -3.65. The zero-order valence-corrected chi connectivity index (χ0v) is 19.4. The number of hydrogen-bond donors (Lipinski definition) is 1. The minimum atomic E-state index is -0.232. The molecule has 0 radical (unpaired) electrons. The summed E-state index contributed by atoms with van der Waals surface area (Å²) in [5, 5.41) is 3.07. The maximum atomic E-state index is 13.3. The van der Waals surface area contributed by atoms with E-state index in [-0.39, 0.29) is 17.8 Å². The maximum absolute atomic E-state index is 13.3. The standard InChI is InChI=1S/C26H29FN4O3/c1-33-24-10-5-19(16-25(24)34-2)26(32)29-18-23(20-4-3-11-28-17-20)31-14-12-30(13-15-31)22-8-6-21(27)7-9-22/h3-11,16-17,23H,12-15,18H2,1-2H3,(H,29,32)/t23-/m1/s1. The highest BCUT2D eigenvalue weighted by Gasteiger charge is 2.26. The van der Waals surface area contributed by atoms with Crippen LogP contribution in [0.15, 0.2) is 67.0 Å². The second kappa shape index (κ2) is 11.0. The zero-order valence-electron chi connectivity index (χ0n) is 19.4. The van der Waals surface area contributed by atoms with Gasteiger partial charge in [-0.1, -0.05) is 6.07 Å². The van der Waals surface area contributed by atoms with Crippen LogP contribution in [0, 0.1) is 5.82 Å². The van der Waals surface area contributed by atoms with E-state index in [9.17, 15) is 9.18 Å². The fourth-order valence-electron chi connectivity index (χ4n) is 4.24. The average Bonchev–Trinajstić information content (AvgIpc) is 2.89. The van der Waals surface area contributed by atoms with E-state index in [1.54, 1.807) is 38.6 Å². The Morgan fingerprint density at radius 3 is 2.41 bits per heavy atom. The van der Waals surface area contributed by atoms with E-state index in [4.69, 9.17) is 9.47 Å². The molecule has 2 heterocycles. The van der Waals surface area contributed by atoms with Crippen molar-refractivity contribution in [2.45, 2.75) is 6.04 Å². The number of benzene rings is 2. The summed E-state index contributed by atoms with van der Waals surface area (Å²) in [4.78, 5) is 21.8. The van der Waals surface area contributed by atoms with E-state index in [0.717, 1.165) is 37.4 Å². The number of aromatic nitrogens is 1. The fourth-order valence-corrected chi connectivity index (χ4v) is 4.24. The largest absolute Gasteiger partial charge is 0.493 e. The number of carbonyl (C=O) groups excluding carboxylic acids is 1. The van der Waals surface area contributed by atoms with Crippen LogP contribution in [-0.4, -0.2) is 62.7 Å². The van der Waals surface area contributed by atoms with Crippen LogP contribution in [0.1, 0.15) is 22.0 Å². The summed E-state index contributed by atoms with van der Waals surface area (Å²) >= 11 is 0. The molecule has 0 unspecified atom stereocenters. The van der Waals surface area contributed by atoms with Crippen LogP contribution in [0.2, 0.25) is 0 Å². The number of rotatable bonds is 8. The predicted molar refractivity (Wildman–Crippen MR) is 129 cm³/mol.